The Morgan fingerprint density at radius 3 is 2.63 bits per heavy atom. The molecule has 0 atom stereocenters. The molecule has 0 aromatic heterocycles. The molecule has 0 aliphatic carbocycles. The molecule has 2 aromatic rings. The Labute approximate surface area is 122 Å². The largest absolute Gasteiger partial charge is 0.342 e. The Bertz CT molecular complexity index is 562. The number of hydrogen-bond donors (Lipinski definition) is 0. The van der Waals surface area contributed by atoms with Crippen LogP contribution in [0.3, 0.4) is 0 Å². The molecule has 19 heavy (non-hydrogen) atoms. The Hall–Kier alpha value is -1.35. The van der Waals surface area contributed by atoms with Crippen molar-refractivity contribution in [2.45, 2.75) is 13.3 Å². The first-order valence-electron chi connectivity index (χ1n) is 6.56. The number of amides is 1. The summed E-state index contributed by atoms with van der Waals surface area (Å²) in [6.07, 6.45) is 0.474. The van der Waals surface area contributed by atoms with E-state index in [-0.39, 0.29) is 5.91 Å². The standard InChI is InChI=1S/C16H18BrNO/c1-2-18(11-10-17)16(19)12-14-8-5-7-13-6-3-4-9-15(13)14/h3-9H,2,10-12H2,1H3. The maximum atomic E-state index is 12.3. The van der Waals surface area contributed by atoms with Crippen LogP contribution >= 0.6 is 15.9 Å². The zero-order chi connectivity index (χ0) is 13.7. The van der Waals surface area contributed by atoms with E-state index in [4.69, 9.17) is 0 Å². The van der Waals surface area contributed by atoms with Crippen molar-refractivity contribution in [1.29, 1.82) is 0 Å². The first-order chi connectivity index (χ1) is 9.26. The predicted molar refractivity (Wildman–Crippen MR) is 83.7 cm³/mol. The molecule has 0 saturated heterocycles. The molecule has 0 heterocycles. The molecule has 0 saturated carbocycles. The lowest BCUT2D eigenvalue weighted by Crippen LogP contribution is -2.33. The van der Waals surface area contributed by atoms with Gasteiger partial charge in [-0.15, -0.1) is 0 Å². The minimum atomic E-state index is 0.193. The minimum absolute atomic E-state index is 0.193. The highest BCUT2D eigenvalue weighted by atomic mass is 79.9. The second-order valence-electron chi connectivity index (χ2n) is 4.48. The van der Waals surface area contributed by atoms with Gasteiger partial charge < -0.3 is 4.90 Å². The van der Waals surface area contributed by atoms with E-state index in [9.17, 15) is 4.79 Å². The topological polar surface area (TPSA) is 20.3 Å². The predicted octanol–water partition coefficient (Wildman–Crippen LogP) is 3.63. The third-order valence-electron chi connectivity index (χ3n) is 3.31. The molecule has 0 fully saturated rings. The van der Waals surface area contributed by atoms with E-state index < -0.39 is 0 Å². The highest BCUT2D eigenvalue weighted by Crippen LogP contribution is 2.19. The van der Waals surface area contributed by atoms with Crippen LogP contribution in [-0.4, -0.2) is 29.2 Å². The van der Waals surface area contributed by atoms with Crippen molar-refractivity contribution in [1.82, 2.24) is 4.90 Å². The van der Waals surface area contributed by atoms with Crippen molar-refractivity contribution in [3.05, 3.63) is 48.0 Å². The van der Waals surface area contributed by atoms with Crippen molar-refractivity contribution < 1.29 is 4.79 Å². The van der Waals surface area contributed by atoms with E-state index in [1.165, 1.54) is 10.8 Å². The first-order valence-corrected chi connectivity index (χ1v) is 7.68. The molecular weight excluding hydrogens is 302 g/mol. The molecule has 2 aromatic carbocycles. The number of alkyl halides is 1. The molecule has 0 aliphatic rings. The SMILES string of the molecule is CCN(CCBr)C(=O)Cc1cccc2ccccc12. The van der Waals surface area contributed by atoms with Crippen LogP contribution in [0.5, 0.6) is 0 Å². The lowest BCUT2D eigenvalue weighted by atomic mass is 10.0. The van der Waals surface area contributed by atoms with E-state index in [0.717, 1.165) is 24.0 Å². The lowest BCUT2D eigenvalue weighted by Gasteiger charge is -2.20. The molecule has 100 valence electrons. The van der Waals surface area contributed by atoms with Gasteiger partial charge in [-0.1, -0.05) is 58.4 Å². The summed E-state index contributed by atoms with van der Waals surface area (Å²) >= 11 is 3.39. The molecule has 3 heteroatoms. The number of carbonyl (C=O) groups excluding carboxylic acids is 1. The number of carbonyl (C=O) groups is 1. The van der Waals surface area contributed by atoms with Gasteiger partial charge in [-0.25, -0.2) is 0 Å². The summed E-state index contributed by atoms with van der Waals surface area (Å²) in [5, 5.41) is 3.19. The molecule has 0 bridgehead atoms. The third kappa shape index (κ3) is 3.35. The number of nitrogens with zero attached hydrogens (tertiary/aromatic N) is 1. The van der Waals surface area contributed by atoms with Crippen LogP contribution in [0.15, 0.2) is 42.5 Å². The van der Waals surface area contributed by atoms with Crippen LogP contribution in [0, 0.1) is 0 Å². The van der Waals surface area contributed by atoms with Gasteiger partial charge in [0.05, 0.1) is 6.42 Å². The van der Waals surface area contributed by atoms with Crippen molar-refractivity contribution in [2.24, 2.45) is 0 Å². The van der Waals surface area contributed by atoms with Gasteiger partial charge >= 0.3 is 0 Å². The fourth-order valence-electron chi connectivity index (χ4n) is 2.28. The number of hydrogen-bond acceptors (Lipinski definition) is 1. The van der Waals surface area contributed by atoms with Crippen LogP contribution in [0.4, 0.5) is 0 Å². The quantitative estimate of drug-likeness (QED) is 0.771. The summed E-state index contributed by atoms with van der Waals surface area (Å²) in [6, 6.07) is 14.4. The number of likely N-dealkylation sites (N-methyl/N-ethyl adjacent to an activating group) is 1. The van der Waals surface area contributed by atoms with Crippen LogP contribution in [0.25, 0.3) is 10.8 Å². The fraction of sp³-hybridized carbons (Fsp3) is 0.312. The van der Waals surface area contributed by atoms with Crippen molar-refractivity contribution in [3.63, 3.8) is 0 Å². The molecule has 0 aliphatic heterocycles. The van der Waals surface area contributed by atoms with Crippen molar-refractivity contribution >= 4 is 32.6 Å². The summed E-state index contributed by atoms with van der Waals surface area (Å²) in [4.78, 5) is 14.2. The second-order valence-corrected chi connectivity index (χ2v) is 5.27. The van der Waals surface area contributed by atoms with Gasteiger partial charge in [0.15, 0.2) is 0 Å². The summed E-state index contributed by atoms with van der Waals surface area (Å²) in [6.45, 7) is 3.54. The van der Waals surface area contributed by atoms with Gasteiger partial charge in [-0.2, -0.15) is 0 Å². The van der Waals surface area contributed by atoms with Gasteiger partial charge in [-0.3, -0.25) is 4.79 Å². The zero-order valence-electron chi connectivity index (χ0n) is 11.1. The zero-order valence-corrected chi connectivity index (χ0v) is 12.7. The van der Waals surface area contributed by atoms with Crippen LogP contribution < -0.4 is 0 Å². The Morgan fingerprint density at radius 2 is 1.89 bits per heavy atom. The summed E-state index contributed by atoms with van der Waals surface area (Å²) in [5.41, 5.74) is 1.11. The molecule has 2 rings (SSSR count). The van der Waals surface area contributed by atoms with Gasteiger partial charge in [0.2, 0.25) is 5.91 Å². The third-order valence-corrected chi connectivity index (χ3v) is 3.67. The normalized spacial score (nSPS) is 10.6. The Morgan fingerprint density at radius 1 is 1.16 bits per heavy atom. The number of benzene rings is 2. The van der Waals surface area contributed by atoms with Gasteiger partial charge in [0, 0.05) is 18.4 Å². The average Bonchev–Trinajstić information content (AvgIpc) is 2.45. The maximum absolute atomic E-state index is 12.3. The number of halogens is 1. The molecule has 1 amide bonds. The molecule has 0 unspecified atom stereocenters. The van der Waals surface area contributed by atoms with E-state index in [1.54, 1.807) is 0 Å². The van der Waals surface area contributed by atoms with E-state index in [0.29, 0.717) is 6.42 Å². The fourth-order valence-corrected chi connectivity index (χ4v) is 2.71. The van der Waals surface area contributed by atoms with Gasteiger partial charge in [0.1, 0.15) is 0 Å². The van der Waals surface area contributed by atoms with Gasteiger partial charge in [0.25, 0.3) is 0 Å². The average molecular weight is 320 g/mol. The molecule has 0 N–H and O–H groups in total. The lowest BCUT2D eigenvalue weighted by molar-refractivity contribution is -0.129. The highest BCUT2D eigenvalue weighted by Gasteiger charge is 2.12. The Balaban J connectivity index is 2.23. The Kier molecular flexibility index (Phi) is 4.97. The van der Waals surface area contributed by atoms with Crippen molar-refractivity contribution in [2.75, 3.05) is 18.4 Å². The first kappa shape index (κ1) is 14.1. The minimum Gasteiger partial charge on any atom is -0.342 e. The molecule has 2 nitrogen and oxygen atoms in total. The van der Waals surface area contributed by atoms with Crippen LogP contribution in [0.2, 0.25) is 0 Å². The maximum Gasteiger partial charge on any atom is 0.227 e. The second kappa shape index (κ2) is 6.71. The number of rotatable bonds is 5. The summed E-state index contributed by atoms with van der Waals surface area (Å²) < 4.78 is 0. The highest BCUT2D eigenvalue weighted by molar-refractivity contribution is 9.09. The van der Waals surface area contributed by atoms with E-state index in [2.05, 4.69) is 34.1 Å². The van der Waals surface area contributed by atoms with Crippen molar-refractivity contribution in [3.8, 4) is 0 Å². The van der Waals surface area contributed by atoms with Crippen LogP contribution in [-0.2, 0) is 11.2 Å². The molecule has 0 spiro atoms. The monoisotopic (exact) mass is 319 g/mol. The van der Waals surface area contributed by atoms with Gasteiger partial charge in [-0.05, 0) is 23.3 Å². The number of fused-ring (bicyclic) bond motifs is 1. The van der Waals surface area contributed by atoms with E-state index in [1.807, 2.05) is 36.1 Å². The summed E-state index contributed by atoms with van der Waals surface area (Å²) in [5.74, 6) is 0.193. The van der Waals surface area contributed by atoms with Crippen LogP contribution in [0.1, 0.15) is 12.5 Å². The molecule has 0 radical (unpaired) electrons. The summed E-state index contributed by atoms with van der Waals surface area (Å²) in [7, 11) is 0. The smallest absolute Gasteiger partial charge is 0.227 e. The molecular formula is C16H18BrNO. The van der Waals surface area contributed by atoms with E-state index >= 15 is 0 Å².